The molecule has 3 nitrogen and oxygen atoms in total. The van der Waals surface area contributed by atoms with Gasteiger partial charge in [0.05, 0.1) is 19.8 Å². The van der Waals surface area contributed by atoms with E-state index in [-0.39, 0.29) is 11.2 Å². The number of rotatable bonds is 4. The lowest BCUT2D eigenvalue weighted by atomic mass is 10.3. The maximum absolute atomic E-state index is 11.0. The highest BCUT2D eigenvalue weighted by Crippen LogP contribution is 2.28. The lowest BCUT2D eigenvalue weighted by molar-refractivity contribution is -0.140. The molecule has 0 radical (unpaired) electrons. The van der Waals surface area contributed by atoms with Crippen LogP contribution in [0.2, 0.25) is 0 Å². The zero-order chi connectivity index (χ0) is 10.6. The van der Waals surface area contributed by atoms with Crippen LogP contribution in [0.3, 0.4) is 0 Å². The van der Waals surface area contributed by atoms with E-state index in [9.17, 15) is 4.79 Å². The van der Waals surface area contributed by atoms with Crippen LogP contribution in [0.5, 0.6) is 0 Å². The molecule has 0 saturated carbocycles. The minimum absolute atomic E-state index is 0.175. The highest BCUT2D eigenvalue weighted by Gasteiger charge is 2.12. The molecule has 0 amide bonds. The van der Waals surface area contributed by atoms with E-state index in [1.807, 2.05) is 19.9 Å². The van der Waals surface area contributed by atoms with Crippen molar-refractivity contribution in [1.29, 1.82) is 0 Å². The van der Waals surface area contributed by atoms with Crippen LogP contribution in [0.25, 0.3) is 0 Å². The van der Waals surface area contributed by atoms with Crippen LogP contribution < -0.4 is 0 Å². The quantitative estimate of drug-likeness (QED) is 0.570. The van der Waals surface area contributed by atoms with Gasteiger partial charge in [0, 0.05) is 10.1 Å². The van der Waals surface area contributed by atoms with Gasteiger partial charge in [-0.1, -0.05) is 6.92 Å². The SMILES string of the molecule is COC(=O)CC(C)Sc1ccoc1C. The predicted octanol–water partition coefficient (Wildman–Crippen LogP) is 2.63. The Balaban J connectivity index is 2.45. The maximum Gasteiger partial charge on any atom is 0.306 e. The third-order valence-electron chi connectivity index (χ3n) is 1.82. The molecule has 78 valence electrons. The Morgan fingerprint density at radius 2 is 2.43 bits per heavy atom. The zero-order valence-corrected chi connectivity index (χ0v) is 9.39. The van der Waals surface area contributed by atoms with Crippen molar-refractivity contribution in [3.05, 3.63) is 18.1 Å². The molecule has 1 unspecified atom stereocenters. The summed E-state index contributed by atoms with van der Waals surface area (Å²) >= 11 is 1.63. The summed E-state index contributed by atoms with van der Waals surface area (Å²) in [6.07, 6.45) is 2.08. The number of aryl methyl sites for hydroxylation is 1. The van der Waals surface area contributed by atoms with Crippen molar-refractivity contribution >= 4 is 17.7 Å². The predicted molar refractivity (Wildman–Crippen MR) is 55.4 cm³/mol. The Morgan fingerprint density at radius 3 is 2.93 bits per heavy atom. The van der Waals surface area contributed by atoms with Crippen LogP contribution in [-0.2, 0) is 9.53 Å². The summed E-state index contributed by atoms with van der Waals surface area (Å²) in [4.78, 5) is 12.1. The zero-order valence-electron chi connectivity index (χ0n) is 8.57. The molecule has 1 heterocycles. The molecule has 0 saturated heterocycles. The second-order valence-corrected chi connectivity index (χ2v) is 4.53. The van der Waals surface area contributed by atoms with Crippen molar-refractivity contribution in [2.75, 3.05) is 7.11 Å². The van der Waals surface area contributed by atoms with Gasteiger partial charge in [-0.25, -0.2) is 0 Å². The molecule has 4 heteroatoms. The van der Waals surface area contributed by atoms with Gasteiger partial charge in [0.1, 0.15) is 5.76 Å². The maximum atomic E-state index is 11.0. The first-order valence-corrected chi connectivity index (χ1v) is 5.29. The number of hydrogen-bond donors (Lipinski definition) is 0. The average molecular weight is 214 g/mol. The molecule has 0 aliphatic heterocycles. The molecule has 0 aliphatic rings. The molecule has 1 aromatic heterocycles. The minimum atomic E-state index is -0.175. The van der Waals surface area contributed by atoms with Crippen molar-refractivity contribution < 1.29 is 13.9 Å². The number of carbonyl (C=O) groups excluding carboxylic acids is 1. The monoisotopic (exact) mass is 214 g/mol. The first kappa shape index (κ1) is 11.2. The van der Waals surface area contributed by atoms with Crippen molar-refractivity contribution in [3.8, 4) is 0 Å². The molecule has 0 N–H and O–H groups in total. The Bertz CT molecular complexity index is 306. The van der Waals surface area contributed by atoms with E-state index in [1.54, 1.807) is 18.0 Å². The van der Waals surface area contributed by atoms with Gasteiger partial charge in [-0.05, 0) is 13.0 Å². The Kier molecular flexibility index (Phi) is 4.07. The smallest absolute Gasteiger partial charge is 0.306 e. The molecule has 1 rings (SSSR count). The molecular formula is C10H14O3S. The van der Waals surface area contributed by atoms with Gasteiger partial charge in [0.15, 0.2) is 0 Å². The topological polar surface area (TPSA) is 39.4 Å². The summed E-state index contributed by atoms with van der Waals surface area (Å²) in [7, 11) is 1.41. The fraction of sp³-hybridized carbons (Fsp3) is 0.500. The number of esters is 1. The van der Waals surface area contributed by atoms with Gasteiger partial charge in [-0.3, -0.25) is 4.79 Å². The Hall–Kier alpha value is -0.900. The number of hydrogen-bond acceptors (Lipinski definition) is 4. The summed E-state index contributed by atoms with van der Waals surface area (Å²) in [6, 6.07) is 1.91. The van der Waals surface area contributed by atoms with E-state index in [2.05, 4.69) is 4.74 Å². The number of carbonyl (C=O) groups is 1. The standard InChI is InChI=1S/C10H14O3S/c1-7(6-10(11)12-3)14-9-4-5-13-8(9)2/h4-5,7H,6H2,1-3H3. The second-order valence-electron chi connectivity index (χ2n) is 3.05. The molecular weight excluding hydrogens is 200 g/mol. The van der Waals surface area contributed by atoms with Gasteiger partial charge < -0.3 is 9.15 Å². The first-order chi connectivity index (χ1) is 6.63. The van der Waals surface area contributed by atoms with Crippen LogP contribution in [0.4, 0.5) is 0 Å². The first-order valence-electron chi connectivity index (χ1n) is 4.41. The fourth-order valence-electron chi connectivity index (χ4n) is 1.07. The second kappa shape index (κ2) is 5.10. The van der Waals surface area contributed by atoms with Gasteiger partial charge >= 0.3 is 5.97 Å². The number of thioether (sulfide) groups is 1. The summed E-state index contributed by atoms with van der Waals surface area (Å²) < 4.78 is 9.75. The molecule has 14 heavy (non-hydrogen) atoms. The van der Waals surface area contributed by atoms with E-state index in [4.69, 9.17) is 4.42 Å². The largest absolute Gasteiger partial charge is 0.469 e. The van der Waals surface area contributed by atoms with Crippen molar-refractivity contribution in [2.45, 2.75) is 30.4 Å². The van der Waals surface area contributed by atoms with Crippen LogP contribution in [0, 0.1) is 6.92 Å². The molecule has 1 aromatic rings. The third-order valence-corrected chi connectivity index (χ3v) is 3.07. The number of methoxy groups -OCH3 is 1. The van der Waals surface area contributed by atoms with Crippen molar-refractivity contribution in [1.82, 2.24) is 0 Å². The van der Waals surface area contributed by atoms with Crippen LogP contribution in [-0.4, -0.2) is 18.3 Å². The Morgan fingerprint density at radius 1 is 1.71 bits per heavy atom. The van der Waals surface area contributed by atoms with Crippen molar-refractivity contribution in [3.63, 3.8) is 0 Å². The van der Waals surface area contributed by atoms with E-state index in [0.717, 1.165) is 10.7 Å². The average Bonchev–Trinajstić information content (AvgIpc) is 2.51. The van der Waals surface area contributed by atoms with Crippen LogP contribution in [0.1, 0.15) is 19.1 Å². The van der Waals surface area contributed by atoms with E-state index >= 15 is 0 Å². The van der Waals surface area contributed by atoms with E-state index < -0.39 is 0 Å². The number of ether oxygens (including phenoxy) is 1. The summed E-state index contributed by atoms with van der Waals surface area (Å²) in [5.41, 5.74) is 0. The molecule has 0 spiro atoms. The lowest BCUT2D eigenvalue weighted by Gasteiger charge is -2.08. The van der Waals surface area contributed by atoms with E-state index in [1.165, 1.54) is 7.11 Å². The summed E-state index contributed by atoms with van der Waals surface area (Å²) in [6.45, 7) is 3.90. The third kappa shape index (κ3) is 3.10. The minimum Gasteiger partial charge on any atom is -0.469 e. The van der Waals surface area contributed by atoms with Gasteiger partial charge in [-0.2, -0.15) is 0 Å². The van der Waals surface area contributed by atoms with Crippen LogP contribution >= 0.6 is 11.8 Å². The van der Waals surface area contributed by atoms with Gasteiger partial charge in [0.2, 0.25) is 0 Å². The molecule has 0 bridgehead atoms. The van der Waals surface area contributed by atoms with E-state index in [0.29, 0.717) is 6.42 Å². The fourth-order valence-corrected chi connectivity index (χ4v) is 2.07. The van der Waals surface area contributed by atoms with Gasteiger partial charge in [0.25, 0.3) is 0 Å². The van der Waals surface area contributed by atoms with Gasteiger partial charge in [-0.15, -0.1) is 11.8 Å². The molecule has 0 aromatic carbocycles. The molecule has 0 fully saturated rings. The summed E-state index contributed by atoms with van der Waals surface area (Å²) in [5.74, 6) is 0.720. The molecule has 0 aliphatic carbocycles. The molecule has 1 atom stereocenters. The summed E-state index contributed by atoms with van der Waals surface area (Å²) in [5, 5.41) is 0.207. The van der Waals surface area contributed by atoms with Crippen LogP contribution in [0.15, 0.2) is 21.6 Å². The highest BCUT2D eigenvalue weighted by molar-refractivity contribution is 8.00. The number of furan rings is 1. The van der Waals surface area contributed by atoms with Crippen molar-refractivity contribution in [2.24, 2.45) is 0 Å². The lowest BCUT2D eigenvalue weighted by Crippen LogP contribution is -2.08. The normalized spacial score (nSPS) is 12.5. The Labute approximate surface area is 87.8 Å². The highest BCUT2D eigenvalue weighted by atomic mass is 32.2.